The van der Waals surface area contributed by atoms with E-state index in [-0.39, 0.29) is 0 Å². The Hall–Kier alpha value is -1.61. The van der Waals surface area contributed by atoms with Gasteiger partial charge in [0.15, 0.2) is 0 Å². The van der Waals surface area contributed by atoms with Crippen LogP contribution in [0.5, 0.6) is 0 Å². The molecule has 3 heteroatoms. The van der Waals surface area contributed by atoms with Gasteiger partial charge in [0.2, 0.25) is 0 Å². The largest absolute Gasteiger partial charge is 0.311 e. The van der Waals surface area contributed by atoms with Crippen molar-refractivity contribution in [1.29, 1.82) is 0 Å². The standard InChI is InChI=1S/C14H19N3/c1-4-15-9-12-8-14(17-16-12)13-6-5-10(2)7-11(13)3/h5-8,15H,4,9H2,1-3H3,(H,16,17). The van der Waals surface area contributed by atoms with Gasteiger partial charge in [-0.05, 0) is 32.0 Å². The van der Waals surface area contributed by atoms with Crippen LogP contribution in [0.3, 0.4) is 0 Å². The number of benzene rings is 1. The third-order valence-corrected chi connectivity index (χ3v) is 2.85. The zero-order valence-electron chi connectivity index (χ0n) is 10.7. The fourth-order valence-corrected chi connectivity index (χ4v) is 1.95. The van der Waals surface area contributed by atoms with Crippen molar-refractivity contribution in [1.82, 2.24) is 15.5 Å². The van der Waals surface area contributed by atoms with Crippen molar-refractivity contribution in [2.45, 2.75) is 27.3 Å². The fraction of sp³-hybridized carbons (Fsp3) is 0.357. The van der Waals surface area contributed by atoms with Gasteiger partial charge in [0, 0.05) is 17.8 Å². The van der Waals surface area contributed by atoms with Crippen LogP contribution in [0, 0.1) is 13.8 Å². The van der Waals surface area contributed by atoms with Crippen LogP contribution in [-0.4, -0.2) is 16.7 Å². The molecular weight excluding hydrogens is 210 g/mol. The summed E-state index contributed by atoms with van der Waals surface area (Å²) in [6.45, 7) is 8.15. The Balaban J connectivity index is 2.24. The highest BCUT2D eigenvalue weighted by Gasteiger charge is 2.06. The minimum atomic E-state index is 0.842. The Kier molecular flexibility index (Phi) is 3.59. The molecule has 0 aliphatic carbocycles. The van der Waals surface area contributed by atoms with Gasteiger partial charge in [-0.3, -0.25) is 5.10 Å². The molecule has 0 unspecified atom stereocenters. The second-order valence-corrected chi connectivity index (χ2v) is 4.38. The predicted molar refractivity (Wildman–Crippen MR) is 70.9 cm³/mol. The molecule has 0 saturated heterocycles. The third kappa shape index (κ3) is 2.74. The van der Waals surface area contributed by atoms with E-state index in [4.69, 9.17) is 0 Å². The summed E-state index contributed by atoms with van der Waals surface area (Å²) < 4.78 is 0. The first-order chi connectivity index (χ1) is 8.20. The lowest BCUT2D eigenvalue weighted by molar-refractivity contribution is 0.707. The Morgan fingerprint density at radius 3 is 2.76 bits per heavy atom. The Labute approximate surface area is 102 Å². The summed E-state index contributed by atoms with van der Waals surface area (Å²) in [6.07, 6.45) is 0. The molecule has 0 fully saturated rings. The summed E-state index contributed by atoms with van der Waals surface area (Å²) in [7, 11) is 0. The second kappa shape index (κ2) is 5.15. The number of nitrogens with zero attached hydrogens (tertiary/aromatic N) is 1. The maximum absolute atomic E-state index is 4.36. The van der Waals surface area contributed by atoms with Gasteiger partial charge < -0.3 is 5.32 Å². The first kappa shape index (κ1) is 11.9. The van der Waals surface area contributed by atoms with Crippen LogP contribution < -0.4 is 5.32 Å². The molecule has 3 nitrogen and oxygen atoms in total. The van der Waals surface area contributed by atoms with E-state index in [9.17, 15) is 0 Å². The highest BCUT2D eigenvalue weighted by atomic mass is 15.1. The van der Waals surface area contributed by atoms with Crippen molar-refractivity contribution >= 4 is 0 Å². The Morgan fingerprint density at radius 1 is 1.24 bits per heavy atom. The van der Waals surface area contributed by atoms with Crippen LogP contribution in [0.15, 0.2) is 24.3 Å². The van der Waals surface area contributed by atoms with Crippen LogP contribution in [-0.2, 0) is 6.54 Å². The number of aromatic amines is 1. The average molecular weight is 229 g/mol. The van der Waals surface area contributed by atoms with E-state index < -0.39 is 0 Å². The molecule has 2 aromatic rings. The molecule has 90 valence electrons. The molecule has 0 spiro atoms. The quantitative estimate of drug-likeness (QED) is 0.846. The fourth-order valence-electron chi connectivity index (χ4n) is 1.95. The molecule has 0 radical (unpaired) electrons. The van der Waals surface area contributed by atoms with Crippen molar-refractivity contribution < 1.29 is 0 Å². The lowest BCUT2D eigenvalue weighted by Gasteiger charge is -2.03. The highest BCUT2D eigenvalue weighted by molar-refractivity contribution is 5.64. The van der Waals surface area contributed by atoms with Crippen LogP contribution in [0.1, 0.15) is 23.7 Å². The van der Waals surface area contributed by atoms with Gasteiger partial charge in [-0.2, -0.15) is 5.10 Å². The van der Waals surface area contributed by atoms with E-state index in [1.54, 1.807) is 0 Å². The van der Waals surface area contributed by atoms with Gasteiger partial charge in [0.1, 0.15) is 0 Å². The lowest BCUT2D eigenvalue weighted by Crippen LogP contribution is -2.11. The van der Waals surface area contributed by atoms with E-state index in [0.29, 0.717) is 0 Å². The average Bonchev–Trinajstić information content (AvgIpc) is 2.75. The summed E-state index contributed by atoms with van der Waals surface area (Å²) in [4.78, 5) is 0. The minimum Gasteiger partial charge on any atom is -0.311 e. The van der Waals surface area contributed by atoms with Gasteiger partial charge in [-0.25, -0.2) is 0 Å². The topological polar surface area (TPSA) is 40.7 Å². The molecule has 2 N–H and O–H groups in total. The van der Waals surface area contributed by atoms with E-state index >= 15 is 0 Å². The molecule has 2 rings (SSSR count). The third-order valence-electron chi connectivity index (χ3n) is 2.85. The van der Waals surface area contributed by atoms with E-state index in [1.807, 2.05) is 0 Å². The summed E-state index contributed by atoms with van der Waals surface area (Å²) >= 11 is 0. The normalized spacial score (nSPS) is 10.8. The number of nitrogens with one attached hydrogen (secondary N) is 2. The number of H-pyrrole nitrogens is 1. The molecular formula is C14H19N3. The summed E-state index contributed by atoms with van der Waals surface area (Å²) in [5.74, 6) is 0. The Morgan fingerprint density at radius 2 is 2.06 bits per heavy atom. The van der Waals surface area contributed by atoms with E-state index in [2.05, 4.69) is 60.6 Å². The molecule has 0 aliphatic rings. The number of aryl methyl sites for hydroxylation is 2. The Bertz CT molecular complexity index is 500. The van der Waals surface area contributed by atoms with Crippen LogP contribution >= 0.6 is 0 Å². The second-order valence-electron chi connectivity index (χ2n) is 4.38. The van der Waals surface area contributed by atoms with Gasteiger partial charge in [0.25, 0.3) is 0 Å². The van der Waals surface area contributed by atoms with Crippen molar-refractivity contribution in [3.63, 3.8) is 0 Å². The first-order valence-corrected chi connectivity index (χ1v) is 6.03. The molecule has 1 aromatic carbocycles. The molecule has 17 heavy (non-hydrogen) atoms. The maximum Gasteiger partial charge on any atom is 0.0926 e. The van der Waals surface area contributed by atoms with Crippen molar-refractivity contribution in [3.05, 3.63) is 41.1 Å². The summed E-state index contributed by atoms with van der Waals surface area (Å²) in [6, 6.07) is 8.56. The summed E-state index contributed by atoms with van der Waals surface area (Å²) in [5.41, 5.74) is 5.91. The SMILES string of the molecule is CCNCc1cc(-c2ccc(C)cc2C)n[nH]1. The molecule has 0 aliphatic heterocycles. The van der Waals surface area contributed by atoms with Gasteiger partial charge in [-0.15, -0.1) is 0 Å². The van der Waals surface area contributed by atoms with Crippen LogP contribution in [0.25, 0.3) is 11.3 Å². The number of rotatable bonds is 4. The van der Waals surface area contributed by atoms with Crippen LogP contribution in [0.4, 0.5) is 0 Å². The van der Waals surface area contributed by atoms with Gasteiger partial charge >= 0.3 is 0 Å². The number of aromatic nitrogens is 2. The van der Waals surface area contributed by atoms with E-state index in [0.717, 1.165) is 24.5 Å². The lowest BCUT2D eigenvalue weighted by atomic mass is 10.0. The number of hydrogen-bond acceptors (Lipinski definition) is 2. The maximum atomic E-state index is 4.36. The molecule has 1 aromatic heterocycles. The summed E-state index contributed by atoms with van der Waals surface area (Å²) in [5, 5.41) is 10.7. The minimum absolute atomic E-state index is 0.842. The van der Waals surface area contributed by atoms with E-state index in [1.165, 1.54) is 16.7 Å². The molecule has 0 atom stereocenters. The van der Waals surface area contributed by atoms with Crippen molar-refractivity contribution in [3.8, 4) is 11.3 Å². The monoisotopic (exact) mass is 229 g/mol. The predicted octanol–water partition coefficient (Wildman–Crippen LogP) is 2.80. The zero-order valence-corrected chi connectivity index (χ0v) is 10.7. The van der Waals surface area contributed by atoms with Crippen LogP contribution in [0.2, 0.25) is 0 Å². The van der Waals surface area contributed by atoms with Gasteiger partial charge in [-0.1, -0.05) is 30.7 Å². The molecule has 1 heterocycles. The highest BCUT2D eigenvalue weighted by Crippen LogP contribution is 2.22. The number of hydrogen-bond donors (Lipinski definition) is 2. The first-order valence-electron chi connectivity index (χ1n) is 6.03. The van der Waals surface area contributed by atoms with Crippen molar-refractivity contribution in [2.24, 2.45) is 0 Å². The zero-order chi connectivity index (χ0) is 12.3. The van der Waals surface area contributed by atoms with Crippen molar-refractivity contribution in [2.75, 3.05) is 6.54 Å². The molecule has 0 bridgehead atoms. The molecule has 0 saturated carbocycles. The van der Waals surface area contributed by atoms with Gasteiger partial charge in [0.05, 0.1) is 5.69 Å². The smallest absolute Gasteiger partial charge is 0.0926 e. The molecule has 0 amide bonds.